The van der Waals surface area contributed by atoms with Gasteiger partial charge in [0, 0.05) is 18.2 Å². The van der Waals surface area contributed by atoms with Gasteiger partial charge < -0.3 is 4.90 Å². The molecule has 0 unspecified atom stereocenters. The van der Waals surface area contributed by atoms with Crippen LogP contribution in [0.25, 0.3) is 11.4 Å². The Morgan fingerprint density at radius 2 is 2.08 bits per heavy atom. The lowest BCUT2D eigenvalue weighted by Crippen LogP contribution is -2.42. The molecule has 0 saturated carbocycles. The van der Waals surface area contributed by atoms with Crippen molar-refractivity contribution in [1.82, 2.24) is 25.1 Å². The van der Waals surface area contributed by atoms with Crippen LogP contribution in [0.3, 0.4) is 0 Å². The maximum atomic E-state index is 13.0. The third kappa shape index (κ3) is 4.01. The number of nitrogens with zero attached hydrogens (tertiary/aromatic N) is 5. The molecule has 2 heterocycles. The molecule has 2 aromatic rings. The summed E-state index contributed by atoms with van der Waals surface area (Å²) >= 11 is 0. The van der Waals surface area contributed by atoms with Gasteiger partial charge in [0.2, 0.25) is 11.7 Å². The summed E-state index contributed by atoms with van der Waals surface area (Å²) in [6.07, 6.45) is 0.452. The zero-order chi connectivity index (χ0) is 18.0. The number of carbonyl (C=O) groups excluding carboxylic acids is 1. The zero-order valence-corrected chi connectivity index (χ0v) is 14.5. The van der Waals surface area contributed by atoms with E-state index < -0.39 is 9.84 Å². The van der Waals surface area contributed by atoms with Crippen LogP contribution in [0.1, 0.15) is 13.3 Å². The lowest BCUT2D eigenvalue weighted by atomic mass is 10.2. The minimum atomic E-state index is -3.07. The Bertz CT molecular complexity index is 866. The van der Waals surface area contributed by atoms with Gasteiger partial charge in [-0.05, 0) is 42.8 Å². The fourth-order valence-electron chi connectivity index (χ4n) is 2.90. The lowest BCUT2D eigenvalue weighted by molar-refractivity contribution is -0.133. The molecule has 0 radical (unpaired) electrons. The van der Waals surface area contributed by atoms with E-state index in [0.717, 1.165) is 4.80 Å². The van der Waals surface area contributed by atoms with E-state index in [4.69, 9.17) is 0 Å². The molecule has 1 aromatic heterocycles. The number of carbonyl (C=O) groups is 1. The van der Waals surface area contributed by atoms with Crippen molar-refractivity contribution in [1.29, 1.82) is 0 Å². The molecule has 1 fully saturated rings. The van der Waals surface area contributed by atoms with E-state index in [9.17, 15) is 17.6 Å². The summed E-state index contributed by atoms with van der Waals surface area (Å²) in [6, 6.07) is 5.34. The van der Waals surface area contributed by atoms with E-state index in [1.807, 2.05) is 6.92 Å². The van der Waals surface area contributed by atoms with Crippen LogP contribution in [0.2, 0.25) is 0 Å². The fraction of sp³-hybridized carbons (Fsp3) is 0.467. The number of likely N-dealkylation sites (N-methyl/N-ethyl adjacent to an activating group) is 1. The van der Waals surface area contributed by atoms with Gasteiger partial charge >= 0.3 is 0 Å². The molecule has 0 aliphatic carbocycles. The summed E-state index contributed by atoms with van der Waals surface area (Å²) < 4.78 is 36.2. The second-order valence-electron chi connectivity index (χ2n) is 5.89. The van der Waals surface area contributed by atoms with Crippen molar-refractivity contribution in [3.63, 3.8) is 0 Å². The van der Waals surface area contributed by atoms with Crippen molar-refractivity contribution in [3.05, 3.63) is 30.1 Å². The molecular weight excluding hydrogens is 349 g/mol. The van der Waals surface area contributed by atoms with Crippen LogP contribution < -0.4 is 0 Å². The van der Waals surface area contributed by atoms with Gasteiger partial charge in [0.1, 0.15) is 12.4 Å². The normalized spacial score (nSPS) is 19.0. The topological polar surface area (TPSA) is 98.1 Å². The van der Waals surface area contributed by atoms with Crippen molar-refractivity contribution in [2.75, 3.05) is 18.1 Å². The van der Waals surface area contributed by atoms with Gasteiger partial charge in [-0.2, -0.15) is 4.80 Å². The molecule has 8 nitrogen and oxygen atoms in total. The maximum Gasteiger partial charge on any atom is 0.246 e. The first-order valence-electron chi connectivity index (χ1n) is 7.91. The molecule has 1 aromatic carbocycles. The first-order chi connectivity index (χ1) is 11.9. The van der Waals surface area contributed by atoms with Gasteiger partial charge in [0.05, 0.1) is 11.5 Å². The Balaban J connectivity index is 1.69. The highest BCUT2D eigenvalue weighted by molar-refractivity contribution is 7.91. The average molecular weight is 367 g/mol. The molecule has 1 amide bonds. The van der Waals surface area contributed by atoms with Crippen LogP contribution in [0.15, 0.2) is 24.3 Å². The molecule has 0 N–H and O–H groups in total. The Morgan fingerprint density at radius 1 is 1.36 bits per heavy atom. The van der Waals surface area contributed by atoms with E-state index in [2.05, 4.69) is 15.4 Å². The first-order valence-corrected chi connectivity index (χ1v) is 9.74. The summed E-state index contributed by atoms with van der Waals surface area (Å²) in [5, 5.41) is 11.8. The van der Waals surface area contributed by atoms with Gasteiger partial charge in [0.25, 0.3) is 0 Å². The van der Waals surface area contributed by atoms with E-state index in [1.54, 1.807) is 4.90 Å². The van der Waals surface area contributed by atoms with Crippen molar-refractivity contribution < 1.29 is 17.6 Å². The molecule has 3 rings (SSSR count). The number of sulfone groups is 1. The zero-order valence-electron chi connectivity index (χ0n) is 13.7. The predicted octanol–water partition coefficient (Wildman–Crippen LogP) is 0.515. The smallest absolute Gasteiger partial charge is 0.246 e. The molecule has 1 aliphatic rings. The number of rotatable bonds is 5. The average Bonchev–Trinajstić information content (AvgIpc) is 3.15. The number of halogens is 1. The lowest BCUT2D eigenvalue weighted by Gasteiger charge is -2.26. The van der Waals surface area contributed by atoms with Crippen LogP contribution in [-0.4, -0.2) is 63.5 Å². The van der Waals surface area contributed by atoms with Crippen molar-refractivity contribution in [2.45, 2.75) is 25.9 Å². The van der Waals surface area contributed by atoms with Crippen molar-refractivity contribution >= 4 is 15.7 Å². The van der Waals surface area contributed by atoms with Gasteiger partial charge in [-0.25, -0.2) is 12.8 Å². The van der Waals surface area contributed by atoms with Gasteiger partial charge in [-0.15, -0.1) is 10.2 Å². The highest BCUT2D eigenvalue weighted by Gasteiger charge is 2.34. The van der Waals surface area contributed by atoms with Crippen LogP contribution in [0.4, 0.5) is 4.39 Å². The van der Waals surface area contributed by atoms with Crippen LogP contribution in [0.5, 0.6) is 0 Å². The quantitative estimate of drug-likeness (QED) is 0.764. The fourth-order valence-corrected chi connectivity index (χ4v) is 4.63. The monoisotopic (exact) mass is 367 g/mol. The summed E-state index contributed by atoms with van der Waals surface area (Å²) in [5.74, 6) is -0.223. The number of hydrogen-bond donors (Lipinski definition) is 0. The standard InChI is InChI=1S/C15H18FN5O3S/c1-2-20(13-7-8-25(23,24)10-13)14(22)9-21-18-15(17-19-21)11-3-5-12(16)6-4-11/h3-6,13H,2,7-10H2,1H3/t13-/m0/s1. The van der Waals surface area contributed by atoms with Gasteiger partial charge in [-0.3, -0.25) is 4.79 Å². The Labute approximate surface area is 144 Å². The molecule has 0 spiro atoms. The first kappa shape index (κ1) is 17.5. The molecule has 10 heteroatoms. The molecule has 1 aliphatic heterocycles. The molecule has 25 heavy (non-hydrogen) atoms. The molecule has 0 bridgehead atoms. The third-order valence-electron chi connectivity index (χ3n) is 4.14. The number of aromatic nitrogens is 4. The summed E-state index contributed by atoms with van der Waals surface area (Å²) in [4.78, 5) is 15.2. The summed E-state index contributed by atoms with van der Waals surface area (Å²) in [5.41, 5.74) is 0.592. The minimum absolute atomic E-state index is 0.00179. The van der Waals surface area contributed by atoms with Crippen molar-refractivity contribution in [2.24, 2.45) is 0 Å². The number of benzene rings is 1. The van der Waals surface area contributed by atoms with Crippen LogP contribution in [0, 0.1) is 5.82 Å². The second kappa shape index (κ2) is 6.87. The molecule has 1 atom stereocenters. The highest BCUT2D eigenvalue weighted by Crippen LogP contribution is 2.18. The molecule has 134 valence electrons. The summed E-state index contributed by atoms with van der Waals surface area (Å²) in [7, 11) is -3.07. The highest BCUT2D eigenvalue weighted by atomic mass is 32.2. The number of amides is 1. The summed E-state index contributed by atoms with van der Waals surface area (Å²) in [6.45, 7) is 2.10. The maximum absolute atomic E-state index is 13.0. The van der Waals surface area contributed by atoms with Gasteiger partial charge in [-0.1, -0.05) is 0 Å². The Morgan fingerprint density at radius 3 is 2.68 bits per heavy atom. The molecule has 1 saturated heterocycles. The molecular formula is C15H18FN5O3S. The van der Waals surface area contributed by atoms with Crippen LogP contribution in [-0.2, 0) is 21.2 Å². The SMILES string of the molecule is CCN(C(=O)Cn1nnc(-c2ccc(F)cc2)n1)[C@H]1CCS(=O)(=O)C1. The van der Waals surface area contributed by atoms with E-state index in [0.29, 0.717) is 24.4 Å². The number of tetrazole rings is 1. The number of hydrogen-bond acceptors (Lipinski definition) is 6. The van der Waals surface area contributed by atoms with Crippen LogP contribution >= 0.6 is 0 Å². The van der Waals surface area contributed by atoms with E-state index >= 15 is 0 Å². The minimum Gasteiger partial charge on any atom is -0.337 e. The third-order valence-corrected chi connectivity index (χ3v) is 5.89. The Hall–Kier alpha value is -2.36. The predicted molar refractivity (Wildman–Crippen MR) is 87.7 cm³/mol. The van der Waals surface area contributed by atoms with E-state index in [-0.39, 0.29) is 35.8 Å². The van der Waals surface area contributed by atoms with Gasteiger partial charge in [0.15, 0.2) is 9.84 Å². The van der Waals surface area contributed by atoms with E-state index in [1.165, 1.54) is 24.3 Å². The largest absolute Gasteiger partial charge is 0.337 e. The second-order valence-corrected chi connectivity index (χ2v) is 8.12. The Kier molecular flexibility index (Phi) is 4.80. The van der Waals surface area contributed by atoms with Crippen molar-refractivity contribution in [3.8, 4) is 11.4 Å².